The largest absolute Gasteiger partial charge is 0.350 e. The standard InChI is InChI=1S/C21H23ClFN3O4S/c1-31(29,30)26(17-8-9-19(23)18(22)11-17)14-20(27)24-12-15-5-2-3-6-16(15)13-25-10-4-7-21(25)28/h2-3,5-6,8-9,11H,4,7,10,12-14H2,1H3,(H,24,27). The van der Waals surface area contributed by atoms with Crippen LogP contribution < -0.4 is 9.62 Å². The molecule has 2 amide bonds. The number of halogens is 2. The minimum atomic E-state index is -3.81. The van der Waals surface area contributed by atoms with Crippen LogP contribution in [0.1, 0.15) is 24.0 Å². The van der Waals surface area contributed by atoms with Crippen molar-refractivity contribution in [3.05, 3.63) is 64.4 Å². The van der Waals surface area contributed by atoms with E-state index in [0.717, 1.165) is 40.2 Å². The Kier molecular flexibility index (Phi) is 7.17. The molecular weight excluding hydrogens is 445 g/mol. The summed E-state index contributed by atoms with van der Waals surface area (Å²) >= 11 is 5.76. The second-order valence-electron chi connectivity index (χ2n) is 7.33. The molecule has 0 aromatic heterocycles. The molecule has 1 aliphatic rings. The number of anilines is 1. The highest BCUT2D eigenvalue weighted by Gasteiger charge is 2.23. The maximum Gasteiger partial charge on any atom is 0.241 e. The molecule has 1 saturated heterocycles. The molecule has 1 aliphatic heterocycles. The van der Waals surface area contributed by atoms with Crippen LogP contribution in [0.15, 0.2) is 42.5 Å². The zero-order valence-electron chi connectivity index (χ0n) is 17.0. The lowest BCUT2D eigenvalue weighted by atomic mass is 10.1. The lowest BCUT2D eigenvalue weighted by Crippen LogP contribution is -2.40. The number of likely N-dealkylation sites (tertiary alicyclic amines) is 1. The van der Waals surface area contributed by atoms with E-state index >= 15 is 0 Å². The third-order valence-corrected chi connectivity index (χ3v) is 6.44. The van der Waals surface area contributed by atoms with Crippen molar-refractivity contribution >= 4 is 39.1 Å². The summed E-state index contributed by atoms with van der Waals surface area (Å²) in [7, 11) is -3.81. The summed E-state index contributed by atoms with van der Waals surface area (Å²) < 4.78 is 38.7. The van der Waals surface area contributed by atoms with Gasteiger partial charge in [-0.1, -0.05) is 35.9 Å². The second-order valence-corrected chi connectivity index (χ2v) is 9.65. The lowest BCUT2D eigenvalue weighted by molar-refractivity contribution is -0.128. The van der Waals surface area contributed by atoms with E-state index in [4.69, 9.17) is 11.6 Å². The van der Waals surface area contributed by atoms with Gasteiger partial charge in [-0.05, 0) is 35.7 Å². The maximum atomic E-state index is 13.4. The number of benzene rings is 2. The van der Waals surface area contributed by atoms with Gasteiger partial charge < -0.3 is 10.2 Å². The monoisotopic (exact) mass is 467 g/mol. The van der Waals surface area contributed by atoms with Gasteiger partial charge in [-0.3, -0.25) is 13.9 Å². The highest BCUT2D eigenvalue weighted by Crippen LogP contribution is 2.24. The molecule has 0 bridgehead atoms. The number of amides is 2. The summed E-state index contributed by atoms with van der Waals surface area (Å²) in [5.74, 6) is -1.10. The van der Waals surface area contributed by atoms with Crippen LogP contribution in [-0.4, -0.2) is 44.5 Å². The van der Waals surface area contributed by atoms with E-state index in [2.05, 4.69) is 5.32 Å². The Labute approximate surface area is 185 Å². The Hall–Kier alpha value is -2.65. The molecule has 7 nitrogen and oxygen atoms in total. The molecule has 1 N–H and O–H groups in total. The first kappa shape index (κ1) is 23.0. The van der Waals surface area contributed by atoms with Crippen molar-refractivity contribution in [2.75, 3.05) is 23.7 Å². The van der Waals surface area contributed by atoms with E-state index in [0.29, 0.717) is 19.5 Å². The van der Waals surface area contributed by atoms with Crippen molar-refractivity contribution in [1.82, 2.24) is 10.2 Å². The molecule has 0 aliphatic carbocycles. The zero-order valence-corrected chi connectivity index (χ0v) is 18.5. The minimum Gasteiger partial charge on any atom is -0.350 e. The Morgan fingerprint density at radius 2 is 1.94 bits per heavy atom. The highest BCUT2D eigenvalue weighted by atomic mass is 35.5. The molecule has 3 rings (SSSR count). The van der Waals surface area contributed by atoms with Crippen LogP contribution in [0.4, 0.5) is 10.1 Å². The Morgan fingerprint density at radius 3 is 2.55 bits per heavy atom. The van der Waals surface area contributed by atoms with Crippen molar-refractivity contribution in [3.8, 4) is 0 Å². The van der Waals surface area contributed by atoms with Gasteiger partial charge >= 0.3 is 0 Å². The summed E-state index contributed by atoms with van der Waals surface area (Å²) in [6, 6.07) is 10.9. The molecule has 166 valence electrons. The van der Waals surface area contributed by atoms with E-state index in [1.165, 1.54) is 6.07 Å². The van der Waals surface area contributed by atoms with Crippen molar-refractivity contribution < 1.29 is 22.4 Å². The van der Waals surface area contributed by atoms with Crippen molar-refractivity contribution in [3.63, 3.8) is 0 Å². The van der Waals surface area contributed by atoms with Gasteiger partial charge in [0, 0.05) is 26.1 Å². The van der Waals surface area contributed by atoms with Crippen molar-refractivity contribution in [2.45, 2.75) is 25.9 Å². The fourth-order valence-corrected chi connectivity index (χ4v) is 4.40. The number of hydrogen-bond donors (Lipinski definition) is 1. The Balaban J connectivity index is 1.68. The average molecular weight is 468 g/mol. The van der Waals surface area contributed by atoms with Gasteiger partial charge in [0.2, 0.25) is 21.8 Å². The van der Waals surface area contributed by atoms with Crippen LogP contribution in [0.3, 0.4) is 0 Å². The molecule has 0 radical (unpaired) electrons. The fraction of sp³-hybridized carbons (Fsp3) is 0.333. The molecule has 0 saturated carbocycles. The number of rotatable bonds is 8. The molecular formula is C21H23ClFN3O4S. The van der Waals surface area contributed by atoms with Gasteiger partial charge in [0.1, 0.15) is 12.4 Å². The number of carbonyl (C=O) groups excluding carboxylic acids is 2. The molecule has 0 spiro atoms. The molecule has 1 heterocycles. The SMILES string of the molecule is CS(=O)(=O)N(CC(=O)NCc1ccccc1CN1CCCC1=O)c1ccc(F)c(Cl)c1. The number of nitrogens with zero attached hydrogens (tertiary/aromatic N) is 2. The fourth-order valence-electron chi connectivity index (χ4n) is 3.38. The van der Waals surface area contributed by atoms with Crippen LogP contribution in [-0.2, 0) is 32.7 Å². The van der Waals surface area contributed by atoms with Crippen LogP contribution in [0.5, 0.6) is 0 Å². The Morgan fingerprint density at radius 1 is 1.23 bits per heavy atom. The third kappa shape index (κ3) is 5.95. The summed E-state index contributed by atoms with van der Waals surface area (Å²) in [5.41, 5.74) is 1.85. The zero-order chi connectivity index (χ0) is 22.6. The first-order chi connectivity index (χ1) is 14.6. The van der Waals surface area contributed by atoms with Crippen LogP contribution >= 0.6 is 11.6 Å². The summed E-state index contributed by atoms with van der Waals surface area (Å²) in [5, 5.41) is 2.48. The number of carbonyl (C=O) groups is 2. The molecule has 10 heteroatoms. The molecule has 2 aromatic rings. The number of nitrogens with one attached hydrogen (secondary N) is 1. The van der Waals surface area contributed by atoms with E-state index in [-0.39, 0.29) is 23.2 Å². The highest BCUT2D eigenvalue weighted by molar-refractivity contribution is 7.92. The number of hydrogen-bond acceptors (Lipinski definition) is 4. The predicted molar refractivity (Wildman–Crippen MR) is 117 cm³/mol. The summed E-state index contributed by atoms with van der Waals surface area (Å²) in [6.45, 7) is 0.879. The van der Waals surface area contributed by atoms with Gasteiger partial charge in [0.25, 0.3) is 0 Å². The summed E-state index contributed by atoms with van der Waals surface area (Å²) in [4.78, 5) is 26.2. The van der Waals surface area contributed by atoms with E-state index in [1.807, 2.05) is 24.3 Å². The molecule has 2 aromatic carbocycles. The lowest BCUT2D eigenvalue weighted by Gasteiger charge is -2.22. The van der Waals surface area contributed by atoms with Crippen LogP contribution in [0, 0.1) is 5.82 Å². The predicted octanol–water partition coefficient (Wildman–Crippen LogP) is 2.68. The first-order valence-electron chi connectivity index (χ1n) is 9.69. The summed E-state index contributed by atoms with van der Waals surface area (Å²) in [6.07, 6.45) is 2.35. The van der Waals surface area contributed by atoms with E-state index in [9.17, 15) is 22.4 Å². The molecule has 1 fully saturated rings. The van der Waals surface area contributed by atoms with Crippen LogP contribution in [0.25, 0.3) is 0 Å². The Bertz CT molecular complexity index is 1090. The topological polar surface area (TPSA) is 86.8 Å². The third-order valence-electron chi connectivity index (χ3n) is 5.01. The molecule has 0 atom stereocenters. The van der Waals surface area contributed by atoms with Gasteiger partial charge in [0.05, 0.1) is 17.0 Å². The number of sulfonamides is 1. The van der Waals surface area contributed by atoms with E-state index in [1.54, 1.807) is 4.90 Å². The van der Waals surface area contributed by atoms with Gasteiger partial charge in [-0.25, -0.2) is 12.8 Å². The van der Waals surface area contributed by atoms with Crippen molar-refractivity contribution in [2.24, 2.45) is 0 Å². The van der Waals surface area contributed by atoms with E-state index < -0.39 is 28.3 Å². The minimum absolute atomic E-state index is 0.0944. The van der Waals surface area contributed by atoms with Crippen molar-refractivity contribution in [1.29, 1.82) is 0 Å². The quantitative estimate of drug-likeness (QED) is 0.646. The van der Waals surface area contributed by atoms with Gasteiger partial charge in [-0.15, -0.1) is 0 Å². The molecule has 0 unspecified atom stereocenters. The molecule has 31 heavy (non-hydrogen) atoms. The first-order valence-corrected chi connectivity index (χ1v) is 11.9. The smallest absolute Gasteiger partial charge is 0.241 e. The normalized spacial score (nSPS) is 14.0. The maximum absolute atomic E-state index is 13.4. The second kappa shape index (κ2) is 9.65. The van der Waals surface area contributed by atoms with Gasteiger partial charge in [0.15, 0.2) is 0 Å². The van der Waals surface area contributed by atoms with Crippen LogP contribution in [0.2, 0.25) is 5.02 Å². The van der Waals surface area contributed by atoms with Gasteiger partial charge in [-0.2, -0.15) is 0 Å². The average Bonchev–Trinajstić information content (AvgIpc) is 3.11.